The van der Waals surface area contributed by atoms with Crippen LogP contribution in [0.25, 0.3) is 0 Å². The molecule has 1 fully saturated rings. The number of hydrogen-bond donors (Lipinski definition) is 1. The van der Waals surface area contributed by atoms with Crippen LogP contribution in [-0.2, 0) is 16.3 Å². The normalized spacial score (nSPS) is 20.8. The number of nitrogens with zero attached hydrogens (tertiary/aromatic N) is 1. The van der Waals surface area contributed by atoms with Gasteiger partial charge in [-0.2, -0.15) is 0 Å². The first-order valence-electron chi connectivity index (χ1n) is 7.48. The number of halogens is 2. The first kappa shape index (κ1) is 17.7. The van der Waals surface area contributed by atoms with E-state index in [0.717, 1.165) is 18.2 Å². The van der Waals surface area contributed by atoms with Gasteiger partial charge in [-0.1, -0.05) is 0 Å². The standard InChI is InChI=1S/C15H20F2N2O3S/c1-11-5-7-19(8-9-23(11,21)22)15(20)18-6-4-12-10-13(16)2-3-14(12)17/h2-3,10-11H,4-9H2,1H3,(H,18,20)/t11-/m0/s1. The highest BCUT2D eigenvalue weighted by molar-refractivity contribution is 7.92. The van der Waals surface area contributed by atoms with Crippen LogP contribution in [0.3, 0.4) is 0 Å². The highest BCUT2D eigenvalue weighted by Gasteiger charge is 2.28. The fourth-order valence-corrected chi connectivity index (χ4v) is 3.76. The molecule has 0 aromatic heterocycles. The van der Waals surface area contributed by atoms with Gasteiger partial charge in [0, 0.05) is 19.6 Å². The average molecular weight is 346 g/mol. The van der Waals surface area contributed by atoms with Gasteiger partial charge in [0.1, 0.15) is 11.6 Å². The third kappa shape index (κ3) is 4.63. The summed E-state index contributed by atoms with van der Waals surface area (Å²) in [6, 6.07) is 2.80. The maximum absolute atomic E-state index is 13.5. The van der Waals surface area contributed by atoms with Gasteiger partial charge in [-0.15, -0.1) is 0 Å². The minimum Gasteiger partial charge on any atom is -0.338 e. The van der Waals surface area contributed by atoms with E-state index in [1.165, 1.54) is 4.90 Å². The molecule has 1 aliphatic heterocycles. The zero-order valence-electron chi connectivity index (χ0n) is 12.9. The van der Waals surface area contributed by atoms with Crippen molar-refractivity contribution < 1.29 is 22.0 Å². The molecule has 1 saturated heterocycles. The molecule has 23 heavy (non-hydrogen) atoms. The van der Waals surface area contributed by atoms with Crippen molar-refractivity contribution in [2.45, 2.75) is 25.0 Å². The fraction of sp³-hybridized carbons (Fsp3) is 0.533. The molecule has 0 saturated carbocycles. The molecule has 128 valence electrons. The van der Waals surface area contributed by atoms with Crippen molar-refractivity contribution >= 4 is 15.9 Å². The Bertz CT molecular complexity index is 679. The molecule has 8 heteroatoms. The van der Waals surface area contributed by atoms with Crippen LogP contribution in [0, 0.1) is 11.6 Å². The van der Waals surface area contributed by atoms with Gasteiger partial charge in [-0.25, -0.2) is 22.0 Å². The average Bonchev–Trinajstić information content (AvgIpc) is 2.62. The van der Waals surface area contributed by atoms with E-state index >= 15 is 0 Å². The molecule has 1 aromatic rings. The van der Waals surface area contributed by atoms with Crippen molar-refractivity contribution in [3.8, 4) is 0 Å². The molecule has 1 aliphatic rings. The van der Waals surface area contributed by atoms with Gasteiger partial charge in [0.05, 0.1) is 11.0 Å². The summed E-state index contributed by atoms with van der Waals surface area (Å²) in [6.45, 7) is 2.30. The zero-order chi connectivity index (χ0) is 17.0. The van der Waals surface area contributed by atoms with Crippen LogP contribution >= 0.6 is 0 Å². The Labute approximate surface area is 134 Å². The number of carbonyl (C=O) groups is 1. The van der Waals surface area contributed by atoms with Crippen LogP contribution in [0.1, 0.15) is 18.9 Å². The highest BCUT2D eigenvalue weighted by Crippen LogP contribution is 2.13. The van der Waals surface area contributed by atoms with Crippen molar-refractivity contribution in [1.29, 1.82) is 0 Å². The predicted molar refractivity (Wildman–Crippen MR) is 82.9 cm³/mol. The number of rotatable bonds is 3. The summed E-state index contributed by atoms with van der Waals surface area (Å²) in [7, 11) is -3.15. The van der Waals surface area contributed by atoms with Gasteiger partial charge in [-0.3, -0.25) is 0 Å². The topological polar surface area (TPSA) is 66.5 Å². The Morgan fingerprint density at radius 1 is 1.35 bits per heavy atom. The first-order valence-corrected chi connectivity index (χ1v) is 9.19. The van der Waals surface area contributed by atoms with Gasteiger partial charge < -0.3 is 10.2 Å². The second-order valence-electron chi connectivity index (χ2n) is 5.67. The number of hydrogen-bond acceptors (Lipinski definition) is 3. The van der Waals surface area contributed by atoms with Gasteiger partial charge in [0.2, 0.25) is 0 Å². The number of nitrogens with one attached hydrogen (secondary N) is 1. The third-order valence-electron chi connectivity index (χ3n) is 4.03. The Balaban J connectivity index is 1.86. The van der Waals surface area contributed by atoms with Crippen molar-refractivity contribution in [2.24, 2.45) is 0 Å². The minimum atomic E-state index is -3.15. The van der Waals surface area contributed by atoms with Crippen molar-refractivity contribution in [3.63, 3.8) is 0 Å². The summed E-state index contributed by atoms with van der Waals surface area (Å²) in [6.07, 6.45) is 0.562. The molecule has 2 amide bonds. The van der Waals surface area contributed by atoms with E-state index in [1.54, 1.807) is 6.92 Å². The van der Waals surface area contributed by atoms with Crippen LogP contribution in [0.4, 0.5) is 13.6 Å². The van der Waals surface area contributed by atoms with Crippen molar-refractivity contribution in [1.82, 2.24) is 10.2 Å². The van der Waals surface area contributed by atoms with Crippen LogP contribution in [0.15, 0.2) is 18.2 Å². The van der Waals surface area contributed by atoms with E-state index in [4.69, 9.17) is 0 Å². The molecule has 0 spiro atoms. The Kier molecular flexibility index (Phi) is 5.56. The van der Waals surface area contributed by atoms with Crippen LogP contribution in [0.5, 0.6) is 0 Å². The molecule has 2 rings (SSSR count). The van der Waals surface area contributed by atoms with Crippen molar-refractivity contribution in [2.75, 3.05) is 25.4 Å². The van der Waals surface area contributed by atoms with Gasteiger partial charge >= 0.3 is 6.03 Å². The van der Waals surface area contributed by atoms with Gasteiger partial charge in [0.15, 0.2) is 9.84 Å². The Morgan fingerprint density at radius 2 is 2.09 bits per heavy atom. The zero-order valence-corrected chi connectivity index (χ0v) is 13.7. The van der Waals surface area contributed by atoms with Crippen LogP contribution in [0.2, 0.25) is 0 Å². The predicted octanol–water partition coefficient (Wildman–Crippen LogP) is 1.73. The number of urea groups is 1. The van der Waals surface area contributed by atoms with E-state index < -0.39 is 26.7 Å². The molecular weight excluding hydrogens is 326 g/mol. The van der Waals surface area contributed by atoms with E-state index in [9.17, 15) is 22.0 Å². The maximum atomic E-state index is 13.5. The summed E-state index contributed by atoms with van der Waals surface area (Å²) >= 11 is 0. The molecule has 0 unspecified atom stereocenters. The summed E-state index contributed by atoms with van der Waals surface area (Å²) in [5.74, 6) is -1.10. The molecule has 1 aromatic carbocycles. The Morgan fingerprint density at radius 3 is 2.83 bits per heavy atom. The molecule has 1 atom stereocenters. The molecule has 0 bridgehead atoms. The highest BCUT2D eigenvalue weighted by atomic mass is 32.2. The number of carbonyl (C=O) groups excluding carboxylic acids is 1. The lowest BCUT2D eigenvalue weighted by atomic mass is 10.1. The Hall–Kier alpha value is -1.70. The van der Waals surface area contributed by atoms with Crippen molar-refractivity contribution in [3.05, 3.63) is 35.4 Å². The van der Waals surface area contributed by atoms with Gasteiger partial charge in [-0.05, 0) is 43.5 Å². The quantitative estimate of drug-likeness (QED) is 0.906. The number of sulfone groups is 1. The molecule has 1 heterocycles. The number of amides is 2. The first-order chi connectivity index (χ1) is 10.8. The monoisotopic (exact) mass is 346 g/mol. The van der Waals surface area contributed by atoms with E-state index in [0.29, 0.717) is 13.0 Å². The fourth-order valence-electron chi connectivity index (χ4n) is 2.42. The van der Waals surface area contributed by atoms with E-state index in [2.05, 4.69) is 5.32 Å². The third-order valence-corrected chi connectivity index (χ3v) is 6.24. The lowest BCUT2D eigenvalue weighted by Gasteiger charge is -2.20. The summed E-state index contributed by atoms with van der Waals surface area (Å²) < 4.78 is 50.1. The van der Waals surface area contributed by atoms with E-state index in [1.807, 2.05) is 0 Å². The molecule has 1 N–H and O–H groups in total. The lowest BCUT2D eigenvalue weighted by molar-refractivity contribution is 0.201. The molecule has 5 nitrogen and oxygen atoms in total. The lowest BCUT2D eigenvalue weighted by Crippen LogP contribution is -2.42. The second kappa shape index (κ2) is 7.25. The largest absolute Gasteiger partial charge is 0.338 e. The smallest absolute Gasteiger partial charge is 0.317 e. The molecule has 0 aliphatic carbocycles. The summed E-state index contributed by atoms with van der Waals surface area (Å²) in [5, 5.41) is 2.16. The van der Waals surface area contributed by atoms with Gasteiger partial charge in [0.25, 0.3) is 0 Å². The second-order valence-corrected chi connectivity index (χ2v) is 8.21. The van der Waals surface area contributed by atoms with E-state index in [-0.39, 0.29) is 36.9 Å². The number of benzene rings is 1. The van der Waals surface area contributed by atoms with Crippen LogP contribution in [-0.4, -0.2) is 50.0 Å². The molecule has 0 radical (unpaired) electrons. The van der Waals surface area contributed by atoms with Crippen LogP contribution < -0.4 is 5.32 Å². The molecular formula is C15H20F2N2O3S. The summed E-state index contributed by atoms with van der Waals surface area (Å²) in [4.78, 5) is 13.5. The maximum Gasteiger partial charge on any atom is 0.317 e. The summed E-state index contributed by atoms with van der Waals surface area (Å²) in [5.41, 5.74) is 0.192. The SMILES string of the molecule is C[C@H]1CCN(C(=O)NCCc2cc(F)ccc2F)CCS1(=O)=O. The minimum absolute atomic E-state index is 0.0554.